The minimum Gasteiger partial charge on any atom is -0.468 e. The zero-order valence-corrected chi connectivity index (χ0v) is 11.0. The molecule has 0 N–H and O–H groups in total. The molecule has 0 aromatic heterocycles. The first-order valence-corrected chi connectivity index (χ1v) is 6.15. The lowest BCUT2D eigenvalue weighted by atomic mass is 10.0. The molecule has 1 fully saturated rings. The fourth-order valence-corrected chi connectivity index (χ4v) is 2.03. The van der Waals surface area contributed by atoms with Crippen LogP contribution in [-0.2, 0) is 19.1 Å². The second-order valence-electron chi connectivity index (χ2n) is 3.67. The summed E-state index contributed by atoms with van der Waals surface area (Å²) >= 11 is 3.30. The molecule has 0 aliphatic heterocycles. The first-order chi connectivity index (χ1) is 7.63. The first kappa shape index (κ1) is 13.2. The van der Waals surface area contributed by atoms with E-state index in [0.717, 1.165) is 11.8 Å². The molecule has 90 valence electrons. The molecule has 1 atom stereocenters. The van der Waals surface area contributed by atoms with Crippen LogP contribution in [0.2, 0.25) is 0 Å². The van der Waals surface area contributed by atoms with Crippen LogP contribution in [0.5, 0.6) is 0 Å². The van der Waals surface area contributed by atoms with Gasteiger partial charge in [-0.05, 0) is 12.8 Å². The number of halogens is 1. The second-order valence-corrected chi connectivity index (χ2v) is 4.46. The van der Waals surface area contributed by atoms with Gasteiger partial charge in [-0.3, -0.25) is 9.59 Å². The quantitative estimate of drug-likeness (QED) is 0.335. The fraction of sp³-hybridized carbons (Fsp3) is 0.636. The minimum atomic E-state index is -1.09. The lowest BCUT2D eigenvalue weighted by Crippen LogP contribution is -2.30. The SMILES string of the molecule is COC(=O)C1(C(=O)OC)CC1/C=C/CCBr. The van der Waals surface area contributed by atoms with E-state index in [9.17, 15) is 9.59 Å². The van der Waals surface area contributed by atoms with Crippen molar-refractivity contribution in [1.82, 2.24) is 0 Å². The Bertz CT molecular complexity index is 295. The number of esters is 2. The van der Waals surface area contributed by atoms with Crippen molar-refractivity contribution in [2.24, 2.45) is 11.3 Å². The van der Waals surface area contributed by atoms with Crippen LogP contribution < -0.4 is 0 Å². The number of alkyl halides is 1. The molecule has 0 aromatic carbocycles. The predicted molar refractivity (Wildman–Crippen MR) is 62.1 cm³/mol. The third-order valence-corrected chi connectivity index (χ3v) is 3.22. The molecular weight excluding hydrogens is 276 g/mol. The summed E-state index contributed by atoms with van der Waals surface area (Å²) in [5.74, 6) is -1.10. The Labute approximate surface area is 103 Å². The Morgan fingerprint density at radius 1 is 1.38 bits per heavy atom. The van der Waals surface area contributed by atoms with Crippen molar-refractivity contribution in [2.45, 2.75) is 12.8 Å². The summed E-state index contributed by atoms with van der Waals surface area (Å²) < 4.78 is 9.31. The molecule has 0 saturated heterocycles. The van der Waals surface area contributed by atoms with E-state index in [1.54, 1.807) is 0 Å². The molecular formula is C11H15BrO4. The van der Waals surface area contributed by atoms with Gasteiger partial charge in [0.25, 0.3) is 0 Å². The molecule has 5 heteroatoms. The predicted octanol–water partition coefficient (Wildman–Crippen LogP) is 1.68. The number of hydrogen-bond donors (Lipinski definition) is 0. The normalized spacial score (nSPS) is 21.8. The van der Waals surface area contributed by atoms with E-state index < -0.39 is 17.4 Å². The second kappa shape index (κ2) is 5.48. The molecule has 1 unspecified atom stereocenters. The Hall–Kier alpha value is -0.840. The van der Waals surface area contributed by atoms with Crippen molar-refractivity contribution < 1.29 is 19.1 Å². The maximum absolute atomic E-state index is 11.6. The van der Waals surface area contributed by atoms with E-state index in [4.69, 9.17) is 0 Å². The molecule has 0 radical (unpaired) electrons. The zero-order valence-electron chi connectivity index (χ0n) is 9.36. The molecule has 0 heterocycles. The van der Waals surface area contributed by atoms with Crippen LogP contribution in [-0.4, -0.2) is 31.5 Å². The van der Waals surface area contributed by atoms with Gasteiger partial charge in [-0.15, -0.1) is 0 Å². The van der Waals surface area contributed by atoms with E-state index in [1.807, 2.05) is 12.2 Å². The molecule has 0 bridgehead atoms. The van der Waals surface area contributed by atoms with Crippen molar-refractivity contribution in [3.8, 4) is 0 Å². The van der Waals surface area contributed by atoms with Gasteiger partial charge in [-0.25, -0.2) is 0 Å². The van der Waals surface area contributed by atoms with Gasteiger partial charge in [0.05, 0.1) is 14.2 Å². The van der Waals surface area contributed by atoms with Crippen LogP contribution in [0.1, 0.15) is 12.8 Å². The van der Waals surface area contributed by atoms with E-state index in [-0.39, 0.29) is 5.92 Å². The van der Waals surface area contributed by atoms with E-state index in [1.165, 1.54) is 14.2 Å². The average molecular weight is 291 g/mol. The number of ether oxygens (including phenoxy) is 2. The molecule has 16 heavy (non-hydrogen) atoms. The smallest absolute Gasteiger partial charge is 0.323 e. The highest BCUT2D eigenvalue weighted by molar-refractivity contribution is 9.09. The molecule has 1 saturated carbocycles. The summed E-state index contributed by atoms with van der Waals surface area (Å²) in [6.45, 7) is 0. The minimum absolute atomic E-state index is 0.0913. The van der Waals surface area contributed by atoms with Crippen LogP contribution in [0.3, 0.4) is 0 Å². The molecule has 1 rings (SSSR count). The number of methoxy groups -OCH3 is 2. The van der Waals surface area contributed by atoms with Crippen LogP contribution in [0, 0.1) is 11.3 Å². The van der Waals surface area contributed by atoms with Gasteiger partial charge in [0.2, 0.25) is 0 Å². The van der Waals surface area contributed by atoms with Gasteiger partial charge in [0, 0.05) is 11.2 Å². The van der Waals surface area contributed by atoms with E-state index >= 15 is 0 Å². The fourth-order valence-electron chi connectivity index (χ4n) is 1.76. The third kappa shape index (κ3) is 2.29. The number of carbonyl (C=O) groups is 2. The Morgan fingerprint density at radius 3 is 2.38 bits per heavy atom. The summed E-state index contributed by atoms with van der Waals surface area (Å²) in [4.78, 5) is 23.1. The topological polar surface area (TPSA) is 52.6 Å². The lowest BCUT2D eigenvalue weighted by Gasteiger charge is -2.10. The number of rotatable bonds is 5. The van der Waals surface area contributed by atoms with Gasteiger partial charge < -0.3 is 9.47 Å². The summed E-state index contributed by atoms with van der Waals surface area (Å²) in [6, 6.07) is 0. The van der Waals surface area contributed by atoms with Gasteiger partial charge >= 0.3 is 11.9 Å². The van der Waals surface area contributed by atoms with Gasteiger partial charge in [-0.1, -0.05) is 28.1 Å². The van der Waals surface area contributed by atoms with Crippen LogP contribution in [0.4, 0.5) is 0 Å². The average Bonchev–Trinajstić information content (AvgIpc) is 3.03. The highest BCUT2D eigenvalue weighted by Gasteiger charge is 2.66. The number of carbonyl (C=O) groups excluding carboxylic acids is 2. The molecule has 4 nitrogen and oxygen atoms in total. The monoisotopic (exact) mass is 290 g/mol. The summed E-state index contributed by atoms with van der Waals surface area (Å²) in [7, 11) is 2.56. The maximum Gasteiger partial charge on any atom is 0.323 e. The third-order valence-electron chi connectivity index (χ3n) is 2.76. The number of allylic oxidation sites excluding steroid dienone is 2. The Kier molecular flexibility index (Phi) is 4.53. The highest BCUT2D eigenvalue weighted by atomic mass is 79.9. The molecule has 1 aliphatic carbocycles. The van der Waals surface area contributed by atoms with Crippen molar-refractivity contribution in [3.05, 3.63) is 12.2 Å². The Morgan fingerprint density at radius 2 is 1.94 bits per heavy atom. The van der Waals surface area contributed by atoms with Gasteiger partial charge in [0.1, 0.15) is 0 Å². The zero-order chi connectivity index (χ0) is 12.2. The van der Waals surface area contributed by atoms with Crippen LogP contribution >= 0.6 is 15.9 Å². The van der Waals surface area contributed by atoms with Crippen LogP contribution in [0.15, 0.2) is 12.2 Å². The van der Waals surface area contributed by atoms with Crippen molar-refractivity contribution in [2.75, 3.05) is 19.5 Å². The molecule has 0 aromatic rings. The maximum atomic E-state index is 11.6. The molecule has 1 aliphatic rings. The Balaban J connectivity index is 2.72. The number of hydrogen-bond acceptors (Lipinski definition) is 4. The van der Waals surface area contributed by atoms with Crippen molar-refractivity contribution >= 4 is 27.9 Å². The van der Waals surface area contributed by atoms with Gasteiger partial charge in [0.15, 0.2) is 5.41 Å². The van der Waals surface area contributed by atoms with Crippen molar-refractivity contribution in [1.29, 1.82) is 0 Å². The summed E-state index contributed by atoms with van der Waals surface area (Å²) in [5, 5.41) is 0.861. The van der Waals surface area contributed by atoms with Crippen LogP contribution in [0.25, 0.3) is 0 Å². The first-order valence-electron chi connectivity index (χ1n) is 5.03. The largest absolute Gasteiger partial charge is 0.468 e. The summed E-state index contributed by atoms with van der Waals surface area (Å²) in [5.41, 5.74) is -1.09. The molecule has 0 amide bonds. The standard InChI is InChI=1S/C11H15BrO4/c1-15-9(13)11(10(14)16-2)7-8(11)5-3-4-6-12/h3,5,8H,4,6-7H2,1-2H3/b5-3+. The van der Waals surface area contributed by atoms with E-state index in [2.05, 4.69) is 25.4 Å². The van der Waals surface area contributed by atoms with E-state index in [0.29, 0.717) is 6.42 Å². The highest BCUT2D eigenvalue weighted by Crippen LogP contribution is 2.55. The van der Waals surface area contributed by atoms with Crippen molar-refractivity contribution in [3.63, 3.8) is 0 Å². The molecule has 0 spiro atoms. The van der Waals surface area contributed by atoms with Gasteiger partial charge in [-0.2, -0.15) is 0 Å². The lowest BCUT2D eigenvalue weighted by molar-refractivity contribution is -0.161. The summed E-state index contributed by atoms with van der Waals surface area (Å²) in [6.07, 6.45) is 5.18.